The fourth-order valence-corrected chi connectivity index (χ4v) is 4.34. The molecule has 2 aromatic rings. The molecule has 6 heteroatoms. The van der Waals surface area contributed by atoms with Crippen molar-refractivity contribution < 1.29 is 9.53 Å². The molecule has 140 valence electrons. The van der Waals surface area contributed by atoms with Gasteiger partial charge >= 0.3 is 6.03 Å². The summed E-state index contributed by atoms with van der Waals surface area (Å²) in [5.74, 6) is 1.51. The summed E-state index contributed by atoms with van der Waals surface area (Å²) in [6.45, 7) is 5.19. The van der Waals surface area contributed by atoms with E-state index >= 15 is 0 Å². The number of carbonyl (C=O) groups is 1. The molecule has 27 heavy (non-hydrogen) atoms. The van der Waals surface area contributed by atoms with E-state index in [0.29, 0.717) is 23.2 Å². The van der Waals surface area contributed by atoms with Gasteiger partial charge in [-0.05, 0) is 37.0 Å². The van der Waals surface area contributed by atoms with E-state index in [1.807, 2.05) is 11.0 Å². The third-order valence-corrected chi connectivity index (χ3v) is 5.40. The second-order valence-electron chi connectivity index (χ2n) is 7.66. The molecule has 0 saturated carbocycles. The normalized spacial score (nSPS) is 20.0. The van der Waals surface area contributed by atoms with E-state index in [1.54, 1.807) is 36.8 Å². The molecule has 1 N–H and O–H groups in total. The molecule has 3 heterocycles. The van der Waals surface area contributed by atoms with Crippen molar-refractivity contribution >= 4 is 11.7 Å². The summed E-state index contributed by atoms with van der Waals surface area (Å²) in [4.78, 5) is 23.0. The van der Waals surface area contributed by atoms with Crippen molar-refractivity contribution in [3.8, 4) is 11.6 Å². The number of hydrogen-bond acceptors (Lipinski definition) is 4. The van der Waals surface area contributed by atoms with Gasteiger partial charge in [-0.3, -0.25) is 4.98 Å². The molecular weight excluding hydrogens is 340 g/mol. The Morgan fingerprint density at radius 2 is 2.07 bits per heavy atom. The highest BCUT2D eigenvalue weighted by Crippen LogP contribution is 2.50. The van der Waals surface area contributed by atoms with Gasteiger partial charge in [-0.1, -0.05) is 26.0 Å². The van der Waals surface area contributed by atoms with Crippen LogP contribution in [-0.2, 0) is 0 Å². The van der Waals surface area contributed by atoms with Crippen LogP contribution in [0.3, 0.4) is 0 Å². The maximum Gasteiger partial charge on any atom is 0.322 e. The first kappa shape index (κ1) is 17.5. The SMILES string of the molecule is CC(C)C1N(C(=O)Nc2ccc(Oc3cccnc3)nc2)CC12CC=CC2. The number of anilines is 1. The number of carbonyl (C=O) groups excluding carboxylic acids is 1. The van der Waals surface area contributed by atoms with Crippen molar-refractivity contribution in [1.29, 1.82) is 0 Å². The standard InChI is InChI=1S/C21H24N4O2/c1-15(2)19-21(9-3-4-10-21)14-25(19)20(26)24-16-7-8-18(23-12-16)27-17-6-5-11-22-13-17/h3-8,11-13,15,19H,9-10,14H2,1-2H3,(H,24,26). The largest absolute Gasteiger partial charge is 0.437 e. The number of pyridine rings is 2. The highest BCUT2D eigenvalue weighted by atomic mass is 16.5. The Bertz CT molecular complexity index is 825. The molecule has 4 rings (SSSR count). The number of nitrogens with zero attached hydrogens (tertiary/aromatic N) is 3. The van der Waals surface area contributed by atoms with Gasteiger partial charge in [0.1, 0.15) is 5.75 Å². The van der Waals surface area contributed by atoms with E-state index in [2.05, 4.69) is 41.3 Å². The predicted octanol–water partition coefficient (Wildman–Crippen LogP) is 4.48. The maximum absolute atomic E-state index is 12.8. The molecule has 1 saturated heterocycles. The van der Waals surface area contributed by atoms with Crippen molar-refractivity contribution in [1.82, 2.24) is 14.9 Å². The molecule has 1 fully saturated rings. The first-order chi connectivity index (χ1) is 13.1. The quantitative estimate of drug-likeness (QED) is 0.813. The molecule has 0 bridgehead atoms. The van der Waals surface area contributed by atoms with Crippen molar-refractivity contribution in [2.75, 3.05) is 11.9 Å². The monoisotopic (exact) mass is 364 g/mol. The van der Waals surface area contributed by atoms with Crippen LogP contribution in [0.4, 0.5) is 10.5 Å². The summed E-state index contributed by atoms with van der Waals surface area (Å²) in [6.07, 6.45) is 11.6. The van der Waals surface area contributed by atoms with Crippen LogP contribution in [-0.4, -0.2) is 33.5 Å². The zero-order valence-corrected chi connectivity index (χ0v) is 15.6. The zero-order valence-electron chi connectivity index (χ0n) is 15.6. The minimum absolute atomic E-state index is 0.0612. The number of rotatable bonds is 4. The zero-order chi connectivity index (χ0) is 18.9. The first-order valence-corrected chi connectivity index (χ1v) is 9.34. The number of likely N-dealkylation sites (tertiary alicyclic amines) is 1. The number of hydrogen-bond donors (Lipinski definition) is 1. The third kappa shape index (κ3) is 3.39. The van der Waals surface area contributed by atoms with Crippen molar-refractivity contribution in [2.24, 2.45) is 11.3 Å². The second kappa shape index (κ2) is 7.02. The van der Waals surface area contributed by atoms with Crippen molar-refractivity contribution in [3.05, 3.63) is 55.0 Å². The third-order valence-electron chi connectivity index (χ3n) is 5.40. The Balaban J connectivity index is 1.38. The van der Waals surface area contributed by atoms with Crippen LogP contribution in [0.1, 0.15) is 26.7 Å². The van der Waals surface area contributed by atoms with Gasteiger partial charge in [-0.25, -0.2) is 9.78 Å². The number of ether oxygens (including phenoxy) is 1. The minimum atomic E-state index is -0.0612. The minimum Gasteiger partial charge on any atom is -0.437 e. The summed E-state index contributed by atoms with van der Waals surface area (Å²) < 4.78 is 5.63. The Hall–Kier alpha value is -2.89. The molecule has 1 aliphatic carbocycles. The Kier molecular flexibility index (Phi) is 4.56. The van der Waals surface area contributed by atoms with E-state index in [-0.39, 0.29) is 17.5 Å². The smallest absolute Gasteiger partial charge is 0.322 e. The molecule has 6 nitrogen and oxygen atoms in total. The highest BCUT2D eigenvalue weighted by molar-refractivity contribution is 5.90. The fourth-order valence-electron chi connectivity index (χ4n) is 4.34. The van der Waals surface area contributed by atoms with Crippen LogP contribution < -0.4 is 10.1 Å². The van der Waals surface area contributed by atoms with Crippen LogP contribution in [0.25, 0.3) is 0 Å². The van der Waals surface area contributed by atoms with E-state index in [0.717, 1.165) is 19.4 Å². The summed E-state index contributed by atoms with van der Waals surface area (Å²) in [7, 11) is 0. The molecule has 1 unspecified atom stereocenters. The average molecular weight is 364 g/mol. The highest BCUT2D eigenvalue weighted by Gasteiger charge is 2.55. The van der Waals surface area contributed by atoms with Crippen molar-refractivity contribution in [2.45, 2.75) is 32.7 Å². The summed E-state index contributed by atoms with van der Waals surface area (Å²) in [6, 6.07) is 7.36. The summed E-state index contributed by atoms with van der Waals surface area (Å²) in [5, 5.41) is 2.96. The first-order valence-electron chi connectivity index (χ1n) is 9.34. The van der Waals surface area contributed by atoms with Gasteiger partial charge in [0.15, 0.2) is 0 Å². The van der Waals surface area contributed by atoms with Gasteiger partial charge in [0.25, 0.3) is 0 Å². The molecule has 1 atom stereocenters. The Morgan fingerprint density at radius 3 is 2.70 bits per heavy atom. The van der Waals surface area contributed by atoms with Crippen LogP contribution in [0.15, 0.2) is 55.0 Å². The van der Waals surface area contributed by atoms with E-state index in [1.165, 1.54) is 0 Å². The molecule has 2 amide bonds. The lowest BCUT2D eigenvalue weighted by Gasteiger charge is -2.58. The van der Waals surface area contributed by atoms with Crippen molar-refractivity contribution in [3.63, 3.8) is 0 Å². The van der Waals surface area contributed by atoms with Crippen LogP contribution in [0, 0.1) is 11.3 Å². The predicted molar refractivity (Wildman–Crippen MR) is 104 cm³/mol. The van der Waals surface area contributed by atoms with Gasteiger partial charge in [0.2, 0.25) is 5.88 Å². The number of amides is 2. The number of aromatic nitrogens is 2. The van der Waals surface area contributed by atoms with E-state index < -0.39 is 0 Å². The Morgan fingerprint density at radius 1 is 1.26 bits per heavy atom. The Labute approximate surface area is 159 Å². The molecule has 0 aromatic carbocycles. The number of allylic oxidation sites excluding steroid dienone is 2. The lowest BCUT2D eigenvalue weighted by Crippen LogP contribution is -2.68. The van der Waals surface area contributed by atoms with Gasteiger partial charge in [-0.2, -0.15) is 0 Å². The number of nitrogens with one attached hydrogen (secondary N) is 1. The lowest BCUT2D eigenvalue weighted by molar-refractivity contribution is -0.0538. The van der Waals surface area contributed by atoms with Gasteiger partial charge < -0.3 is 15.0 Å². The summed E-state index contributed by atoms with van der Waals surface area (Å²) >= 11 is 0. The molecule has 2 aliphatic rings. The van der Waals surface area contributed by atoms with Gasteiger partial charge in [0, 0.05) is 30.3 Å². The lowest BCUT2D eigenvalue weighted by atomic mass is 9.65. The fraction of sp³-hybridized carbons (Fsp3) is 0.381. The molecule has 0 radical (unpaired) electrons. The molecule has 1 spiro atoms. The molecule has 2 aromatic heterocycles. The van der Waals surface area contributed by atoms with E-state index in [9.17, 15) is 4.79 Å². The van der Waals surface area contributed by atoms with E-state index in [4.69, 9.17) is 4.74 Å². The molecule has 1 aliphatic heterocycles. The topological polar surface area (TPSA) is 67.4 Å². The van der Waals surface area contributed by atoms with Crippen LogP contribution >= 0.6 is 0 Å². The van der Waals surface area contributed by atoms with Crippen LogP contribution in [0.5, 0.6) is 11.6 Å². The number of urea groups is 1. The maximum atomic E-state index is 12.8. The van der Waals surface area contributed by atoms with Gasteiger partial charge in [0.05, 0.1) is 18.1 Å². The summed E-state index contributed by atoms with van der Waals surface area (Å²) in [5.41, 5.74) is 0.900. The average Bonchev–Trinajstić information content (AvgIpc) is 3.13. The molecular formula is C21H24N4O2. The second-order valence-corrected chi connectivity index (χ2v) is 7.66. The van der Waals surface area contributed by atoms with Crippen LogP contribution in [0.2, 0.25) is 0 Å². The van der Waals surface area contributed by atoms with Gasteiger partial charge in [-0.15, -0.1) is 0 Å².